The van der Waals surface area contributed by atoms with Crippen LogP contribution in [0.5, 0.6) is 11.5 Å². The van der Waals surface area contributed by atoms with Crippen LogP contribution in [0.15, 0.2) is 30.3 Å². The molecule has 1 aliphatic heterocycles. The maximum absolute atomic E-state index is 13.6. The van der Waals surface area contributed by atoms with Crippen LogP contribution in [-0.2, 0) is 17.8 Å². The molecule has 3 rings (SSSR count). The van der Waals surface area contributed by atoms with Crippen molar-refractivity contribution in [2.75, 3.05) is 13.2 Å². The van der Waals surface area contributed by atoms with E-state index in [0.29, 0.717) is 25.6 Å². The maximum atomic E-state index is 13.6. The van der Waals surface area contributed by atoms with Gasteiger partial charge < -0.3 is 20.1 Å². The highest BCUT2D eigenvalue weighted by Crippen LogP contribution is 2.35. The van der Waals surface area contributed by atoms with Gasteiger partial charge in [0.05, 0.1) is 12.2 Å². The van der Waals surface area contributed by atoms with E-state index in [9.17, 15) is 18.4 Å². The van der Waals surface area contributed by atoms with Crippen molar-refractivity contribution in [1.29, 1.82) is 0 Å². The van der Waals surface area contributed by atoms with Gasteiger partial charge in [0.1, 0.15) is 29.2 Å². The summed E-state index contributed by atoms with van der Waals surface area (Å²) in [5.74, 6) is -0.953. The first-order valence-corrected chi connectivity index (χ1v) is 10.3. The van der Waals surface area contributed by atoms with E-state index in [1.165, 1.54) is 0 Å². The number of rotatable bonds is 9. The van der Waals surface area contributed by atoms with Crippen molar-refractivity contribution >= 4 is 11.8 Å². The molecule has 1 heterocycles. The van der Waals surface area contributed by atoms with Gasteiger partial charge in [0.25, 0.3) is 5.91 Å². The van der Waals surface area contributed by atoms with Gasteiger partial charge in [0.15, 0.2) is 0 Å². The summed E-state index contributed by atoms with van der Waals surface area (Å²) in [6, 6.07) is 6.63. The highest BCUT2D eigenvalue weighted by Gasteiger charge is 2.22. The molecule has 0 spiro atoms. The van der Waals surface area contributed by atoms with Gasteiger partial charge in [-0.25, -0.2) is 8.78 Å². The van der Waals surface area contributed by atoms with Crippen LogP contribution < -0.4 is 20.1 Å². The summed E-state index contributed by atoms with van der Waals surface area (Å²) in [5, 5.41) is 5.38. The minimum atomic E-state index is -0.923. The fourth-order valence-electron chi connectivity index (χ4n) is 3.41. The van der Waals surface area contributed by atoms with Gasteiger partial charge in [-0.15, -0.1) is 0 Å². The molecule has 6 nitrogen and oxygen atoms in total. The third kappa shape index (κ3) is 5.93. The molecule has 2 aromatic carbocycles. The van der Waals surface area contributed by atoms with Crippen molar-refractivity contribution in [2.24, 2.45) is 0 Å². The zero-order valence-corrected chi connectivity index (χ0v) is 17.6. The Balaban J connectivity index is 1.45. The lowest BCUT2D eigenvalue weighted by Crippen LogP contribution is -2.28. The first kappa shape index (κ1) is 22.5. The SMILES string of the molecule is CCOc1cc2c(cc1CNC(=O)CCCNC(=O)c1ccc(F)cc1F)OC(C)C2. The van der Waals surface area contributed by atoms with E-state index < -0.39 is 17.5 Å². The van der Waals surface area contributed by atoms with E-state index >= 15 is 0 Å². The maximum Gasteiger partial charge on any atom is 0.254 e. The van der Waals surface area contributed by atoms with E-state index in [1.807, 2.05) is 26.0 Å². The van der Waals surface area contributed by atoms with Gasteiger partial charge >= 0.3 is 0 Å². The number of halogens is 2. The average Bonchev–Trinajstić information content (AvgIpc) is 3.08. The molecule has 0 radical (unpaired) electrons. The molecular formula is C23H26F2N2O4. The molecular weight excluding hydrogens is 406 g/mol. The summed E-state index contributed by atoms with van der Waals surface area (Å²) in [7, 11) is 0. The second kappa shape index (κ2) is 10.2. The zero-order chi connectivity index (χ0) is 22.4. The molecule has 8 heteroatoms. The largest absolute Gasteiger partial charge is 0.494 e. The second-order valence-electron chi connectivity index (χ2n) is 7.39. The topological polar surface area (TPSA) is 76.7 Å². The number of benzene rings is 2. The van der Waals surface area contributed by atoms with Crippen molar-refractivity contribution in [1.82, 2.24) is 10.6 Å². The molecule has 2 amide bonds. The Kier molecular flexibility index (Phi) is 7.44. The number of hydrogen-bond donors (Lipinski definition) is 2. The van der Waals surface area contributed by atoms with Gasteiger partial charge in [-0.3, -0.25) is 9.59 Å². The standard InChI is InChI=1S/C23H26F2N2O4/c1-3-30-20-10-15-9-14(2)31-21(15)11-16(20)13-27-22(28)5-4-8-26-23(29)18-7-6-17(24)12-19(18)25/h6-7,10-12,14H,3-5,8-9,13H2,1-2H3,(H,26,29)(H,27,28). The van der Waals surface area contributed by atoms with Crippen LogP contribution in [0.1, 0.15) is 48.2 Å². The van der Waals surface area contributed by atoms with E-state index in [4.69, 9.17) is 9.47 Å². The van der Waals surface area contributed by atoms with Crippen LogP contribution in [0.25, 0.3) is 0 Å². The first-order valence-electron chi connectivity index (χ1n) is 10.3. The van der Waals surface area contributed by atoms with Gasteiger partial charge in [0.2, 0.25) is 5.91 Å². The van der Waals surface area contributed by atoms with Crippen LogP contribution >= 0.6 is 0 Å². The molecule has 1 aliphatic rings. The Bertz CT molecular complexity index is 965. The quantitative estimate of drug-likeness (QED) is 0.595. The Morgan fingerprint density at radius 2 is 2.00 bits per heavy atom. The zero-order valence-electron chi connectivity index (χ0n) is 17.6. The number of carbonyl (C=O) groups excluding carboxylic acids is 2. The Labute approximate surface area is 179 Å². The predicted octanol–water partition coefficient (Wildman–Crippen LogP) is 3.51. The van der Waals surface area contributed by atoms with Crippen LogP contribution in [0, 0.1) is 11.6 Å². The summed E-state index contributed by atoms with van der Waals surface area (Å²) < 4.78 is 38.0. The van der Waals surface area contributed by atoms with Crippen molar-refractivity contribution < 1.29 is 27.8 Å². The van der Waals surface area contributed by atoms with Crippen LogP contribution in [0.4, 0.5) is 8.78 Å². The summed E-state index contributed by atoms with van der Waals surface area (Å²) in [6.45, 7) is 4.92. The lowest BCUT2D eigenvalue weighted by Gasteiger charge is -2.13. The van der Waals surface area contributed by atoms with E-state index in [2.05, 4.69) is 10.6 Å². The number of carbonyl (C=O) groups is 2. The molecule has 0 saturated carbocycles. The van der Waals surface area contributed by atoms with E-state index in [-0.39, 0.29) is 30.5 Å². The molecule has 2 aromatic rings. The van der Waals surface area contributed by atoms with Crippen LogP contribution in [0.2, 0.25) is 0 Å². The molecule has 0 bridgehead atoms. The van der Waals surface area contributed by atoms with Crippen molar-refractivity contribution in [3.63, 3.8) is 0 Å². The van der Waals surface area contributed by atoms with Crippen molar-refractivity contribution in [3.8, 4) is 11.5 Å². The molecule has 1 atom stereocenters. The summed E-state index contributed by atoms with van der Waals surface area (Å²) in [5.41, 5.74) is 1.70. The summed E-state index contributed by atoms with van der Waals surface area (Å²) in [6.07, 6.45) is 1.51. The summed E-state index contributed by atoms with van der Waals surface area (Å²) in [4.78, 5) is 24.1. The smallest absolute Gasteiger partial charge is 0.254 e. The normalized spacial score (nSPS) is 14.5. The number of ether oxygens (including phenoxy) is 2. The summed E-state index contributed by atoms with van der Waals surface area (Å²) >= 11 is 0. The van der Waals surface area contributed by atoms with Gasteiger partial charge in [-0.1, -0.05) is 0 Å². The molecule has 0 aliphatic carbocycles. The predicted molar refractivity (Wildman–Crippen MR) is 111 cm³/mol. The lowest BCUT2D eigenvalue weighted by molar-refractivity contribution is -0.121. The average molecular weight is 432 g/mol. The Morgan fingerprint density at radius 1 is 1.19 bits per heavy atom. The minimum Gasteiger partial charge on any atom is -0.494 e. The third-order valence-corrected chi connectivity index (χ3v) is 4.90. The van der Waals surface area contributed by atoms with Crippen molar-refractivity contribution in [2.45, 2.75) is 45.8 Å². The molecule has 2 N–H and O–H groups in total. The number of fused-ring (bicyclic) bond motifs is 1. The molecule has 166 valence electrons. The number of nitrogens with one attached hydrogen (secondary N) is 2. The molecule has 31 heavy (non-hydrogen) atoms. The third-order valence-electron chi connectivity index (χ3n) is 4.90. The lowest BCUT2D eigenvalue weighted by atomic mass is 10.1. The Hall–Kier alpha value is -3.16. The number of hydrogen-bond acceptors (Lipinski definition) is 4. The highest BCUT2D eigenvalue weighted by molar-refractivity contribution is 5.94. The number of amides is 2. The van der Waals surface area contributed by atoms with Gasteiger partial charge in [-0.05, 0) is 44.5 Å². The van der Waals surface area contributed by atoms with Crippen LogP contribution in [0.3, 0.4) is 0 Å². The fourth-order valence-corrected chi connectivity index (χ4v) is 3.41. The molecule has 1 unspecified atom stereocenters. The molecule has 0 aromatic heterocycles. The minimum absolute atomic E-state index is 0.118. The highest BCUT2D eigenvalue weighted by atomic mass is 19.1. The monoisotopic (exact) mass is 432 g/mol. The molecule has 0 fully saturated rings. The first-order chi connectivity index (χ1) is 14.9. The fraction of sp³-hybridized carbons (Fsp3) is 0.391. The van der Waals surface area contributed by atoms with Gasteiger partial charge in [0, 0.05) is 43.1 Å². The van der Waals surface area contributed by atoms with E-state index in [0.717, 1.165) is 41.2 Å². The second-order valence-corrected chi connectivity index (χ2v) is 7.39. The Morgan fingerprint density at radius 3 is 2.74 bits per heavy atom. The van der Waals surface area contributed by atoms with Crippen LogP contribution in [-0.4, -0.2) is 31.1 Å². The molecule has 0 saturated heterocycles. The van der Waals surface area contributed by atoms with Crippen molar-refractivity contribution in [3.05, 3.63) is 58.7 Å². The van der Waals surface area contributed by atoms with E-state index in [1.54, 1.807) is 0 Å². The van der Waals surface area contributed by atoms with Gasteiger partial charge in [-0.2, -0.15) is 0 Å².